The molecule has 182 valence electrons. The minimum atomic E-state index is 0.00292. The van der Waals surface area contributed by atoms with Gasteiger partial charge in [-0.2, -0.15) is 0 Å². The summed E-state index contributed by atoms with van der Waals surface area (Å²) in [5.41, 5.74) is 2.09. The summed E-state index contributed by atoms with van der Waals surface area (Å²) in [4.78, 5) is 33.4. The Morgan fingerprint density at radius 3 is 2.21 bits per heavy atom. The number of aryl methyl sites for hydroxylation is 1. The molecular formula is C28H43N3O2. The molecule has 2 saturated heterocycles. The topological polar surface area (TPSA) is 43.9 Å². The number of unbranched alkanes of at least 4 members (excludes halogenated alkanes) is 1. The molecule has 2 aliphatic heterocycles. The minimum Gasteiger partial charge on any atom is -0.339 e. The Hall–Kier alpha value is -1.88. The Labute approximate surface area is 200 Å². The van der Waals surface area contributed by atoms with Crippen molar-refractivity contribution in [2.24, 2.45) is 5.92 Å². The molecule has 4 rings (SSSR count). The third kappa shape index (κ3) is 5.79. The van der Waals surface area contributed by atoms with Crippen LogP contribution in [-0.2, 0) is 11.2 Å². The summed E-state index contributed by atoms with van der Waals surface area (Å²) in [6.45, 7) is 8.36. The van der Waals surface area contributed by atoms with E-state index in [9.17, 15) is 9.59 Å². The highest BCUT2D eigenvalue weighted by Gasteiger charge is 2.40. The lowest BCUT2D eigenvalue weighted by atomic mass is 9.92. The van der Waals surface area contributed by atoms with Crippen LogP contribution < -0.4 is 0 Å². The van der Waals surface area contributed by atoms with Gasteiger partial charge in [0.1, 0.15) is 0 Å². The van der Waals surface area contributed by atoms with E-state index in [1.165, 1.54) is 50.5 Å². The van der Waals surface area contributed by atoms with Gasteiger partial charge >= 0.3 is 0 Å². The number of likely N-dealkylation sites (tertiary alicyclic amines) is 1. The van der Waals surface area contributed by atoms with Gasteiger partial charge < -0.3 is 9.80 Å². The van der Waals surface area contributed by atoms with E-state index in [-0.39, 0.29) is 11.9 Å². The molecule has 0 bridgehead atoms. The molecule has 2 heterocycles. The summed E-state index contributed by atoms with van der Waals surface area (Å²) in [5, 5.41) is 0. The third-order valence-corrected chi connectivity index (χ3v) is 8.20. The summed E-state index contributed by atoms with van der Waals surface area (Å²) in [6, 6.07) is 8.55. The molecule has 5 nitrogen and oxygen atoms in total. The van der Waals surface area contributed by atoms with E-state index in [4.69, 9.17) is 0 Å². The maximum absolute atomic E-state index is 13.7. The number of carbonyl (C=O) groups excluding carboxylic acids is 2. The van der Waals surface area contributed by atoms with E-state index in [2.05, 4.69) is 35.8 Å². The van der Waals surface area contributed by atoms with Crippen LogP contribution in [0.5, 0.6) is 0 Å². The average Bonchev–Trinajstić information content (AvgIpc) is 3.38. The molecule has 33 heavy (non-hydrogen) atoms. The predicted octanol–water partition coefficient (Wildman–Crippen LogP) is 4.75. The van der Waals surface area contributed by atoms with Crippen molar-refractivity contribution in [1.29, 1.82) is 0 Å². The lowest BCUT2D eigenvalue weighted by Gasteiger charge is -2.44. The summed E-state index contributed by atoms with van der Waals surface area (Å²) in [6.07, 6.45) is 11.8. The molecule has 1 aliphatic carbocycles. The summed E-state index contributed by atoms with van der Waals surface area (Å²) < 4.78 is 0. The van der Waals surface area contributed by atoms with Gasteiger partial charge in [-0.1, -0.05) is 38.3 Å². The highest BCUT2D eigenvalue weighted by molar-refractivity contribution is 5.94. The number of piperazine rings is 1. The van der Waals surface area contributed by atoms with Gasteiger partial charge in [0.25, 0.3) is 5.91 Å². The van der Waals surface area contributed by atoms with Gasteiger partial charge in [0, 0.05) is 44.3 Å². The molecule has 2 atom stereocenters. The molecule has 0 aromatic heterocycles. The van der Waals surface area contributed by atoms with Crippen LogP contribution in [0.2, 0.25) is 0 Å². The number of carbonyl (C=O) groups is 2. The van der Waals surface area contributed by atoms with Crippen LogP contribution in [0.4, 0.5) is 0 Å². The molecule has 3 fully saturated rings. The Bertz CT molecular complexity index is 779. The molecule has 3 aliphatic rings. The van der Waals surface area contributed by atoms with Crippen molar-refractivity contribution in [1.82, 2.24) is 14.7 Å². The average molecular weight is 454 g/mol. The van der Waals surface area contributed by atoms with E-state index in [1.807, 2.05) is 17.0 Å². The number of hydrogen-bond acceptors (Lipinski definition) is 3. The van der Waals surface area contributed by atoms with Crippen LogP contribution in [0.15, 0.2) is 24.3 Å². The van der Waals surface area contributed by atoms with E-state index >= 15 is 0 Å². The zero-order valence-electron chi connectivity index (χ0n) is 20.8. The largest absolute Gasteiger partial charge is 0.339 e. The lowest BCUT2D eigenvalue weighted by Crippen LogP contribution is -2.60. The first-order chi connectivity index (χ1) is 16.1. The number of rotatable bonds is 7. The van der Waals surface area contributed by atoms with Gasteiger partial charge in [0.2, 0.25) is 5.91 Å². The molecule has 0 N–H and O–H groups in total. The molecule has 0 spiro atoms. The Morgan fingerprint density at radius 2 is 1.58 bits per heavy atom. The van der Waals surface area contributed by atoms with E-state index < -0.39 is 0 Å². The third-order valence-electron chi connectivity index (χ3n) is 8.20. The summed E-state index contributed by atoms with van der Waals surface area (Å²) >= 11 is 0. The molecule has 0 unspecified atom stereocenters. The van der Waals surface area contributed by atoms with Gasteiger partial charge in [0.05, 0.1) is 6.04 Å². The fourth-order valence-electron chi connectivity index (χ4n) is 6.11. The summed E-state index contributed by atoms with van der Waals surface area (Å²) in [7, 11) is 0. The normalized spacial score (nSPS) is 23.6. The highest BCUT2D eigenvalue weighted by atomic mass is 16.2. The van der Waals surface area contributed by atoms with Gasteiger partial charge in [-0.05, 0) is 75.5 Å². The quantitative estimate of drug-likeness (QED) is 0.599. The van der Waals surface area contributed by atoms with Gasteiger partial charge in [-0.15, -0.1) is 0 Å². The monoisotopic (exact) mass is 453 g/mol. The fourth-order valence-corrected chi connectivity index (χ4v) is 6.11. The second-order valence-corrected chi connectivity index (χ2v) is 10.5. The molecule has 1 aromatic carbocycles. The van der Waals surface area contributed by atoms with Crippen molar-refractivity contribution in [2.45, 2.75) is 90.1 Å². The van der Waals surface area contributed by atoms with Crippen LogP contribution in [0.3, 0.4) is 0 Å². The van der Waals surface area contributed by atoms with E-state index in [1.54, 1.807) is 0 Å². The van der Waals surface area contributed by atoms with Gasteiger partial charge in [-0.3, -0.25) is 14.5 Å². The van der Waals surface area contributed by atoms with Crippen molar-refractivity contribution in [2.75, 3.05) is 32.7 Å². The van der Waals surface area contributed by atoms with Crippen LogP contribution in [0, 0.1) is 5.92 Å². The highest BCUT2D eigenvalue weighted by Crippen LogP contribution is 2.33. The van der Waals surface area contributed by atoms with E-state index in [0.717, 1.165) is 44.5 Å². The molecule has 1 saturated carbocycles. The lowest BCUT2D eigenvalue weighted by molar-refractivity contribution is -0.143. The second kappa shape index (κ2) is 11.5. The SMILES string of the molecule is CCCCc1ccc(C(=O)N2CCN([C@@H](C(=O)N3CCCC[C@H]3C)C3CCCC3)CC2)cc1. The van der Waals surface area contributed by atoms with Crippen LogP contribution in [0.1, 0.15) is 87.6 Å². The first-order valence-corrected chi connectivity index (χ1v) is 13.5. The zero-order valence-corrected chi connectivity index (χ0v) is 20.8. The van der Waals surface area contributed by atoms with Gasteiger partial charge in [-0.25, -0.2) is 0 Å². The maximum Gasteiger partial charge on any atom is 0.253 e. The van der Waals surface area contributed by atoms with Crippen LogP contribution >= 0.6 is 0 Å². The van der Waals surface area contributed by atoms with Crippen molar-refractivity contribution < 1.29 is 9.59 Å². The Morgan fingerprint density at radius 1 is 0.909 bits per heavy atom. The van der Waals surface area contributed by atoms with Crippen molar-refractivity contribution in [3.05, 3.63) is 35.4 Å². The number of hydrogen-bond donors (Lipinski definition) is 0. The number of nitrogens with zero attached hydrogens (tertiary/aromatic N) is 3. The molecule has 1 aromatic rings. The first-order valence-electron chi connectivity index (χ1n) is 13.5. The first kappa shape index (κ1) is 24.3. The molecular weight excluding hydrogens is 410 g/mol. The van der Waals surface area contributed by atoms with Crippen molar-refractivity contribution >= 4 is 11.8 Å². The van der Waals surface area contributed by atoms with Crippen molar-refractivity contribution in [3.8, 4) is 0 Å². The standard InChI is InChI=1S/C28H43N3O2/c1-3-4-10-23-13-15-25(16-14-23)27(32)30-20-18-29(19-21-30)26(24-11-5-6-12-24)28(33)31-17-8-7-9-22(31)2/h13-16,22,24,26H,3-12,17-21H2,1-2H3/t22-,26-/m1/s1. The van der Waals surface area contributed by atoms with Crippen LogP contribution in [0.25, 0.3) is 0 Å². The number of benzene rings is 1. The number of piperidine rings is 1. The summed E-state index contributed by atoms with van der Waals surface area (Å²) in [5.74, 6) is 0.964. The molecule has 0 radical (unpaired) electrons. The van der Waals surface area contributed by atoms with Gasteiger partial charge in [0.15, 0.2) is 0 Å². The number of amides is 2. The fraction of sp³-hybridized carbons (Fsp3) is 0.714. The van der Waals surface area contributed by atoms with Crippen LogP contribution in [-0.4, -0.2) is 71.3 Å². The zero-order chi connectivity index (χ0) is 23.2. The predicted molar refractivity (Wildman–Crippen MR) is 133 cm³/mol. The molecule has 2 amide bonds. The Kier molecular flexibility index (Phi) is 8.45. The molecule has 5 heteroatoms. The minimum absolute atomic E-state index is 0.00292. The second-order valence-electron chi connectivity index (χ2n) is 10.5. The maximum atomic E-state index is 13.7. The Balaban J connectivity index is 1.38. The van der Waals surface area contributed by atoms with Crippen molar-refractivity contribution in [3.63, 3.8) is 0 Å². The van der Waals surface area contributed by atoms with E-state index in [0.29, 0.717) is 31.0 Å². The smallest absolute Gasteiger partial charge is 0.253 e.